The molecule has 0 saturated carbocycles. The van der Waals surface area contributed by atoms with Gasteiger partial charge in [0.05, 0.1) is 42.0 Å². The van der Waals surface area contributed by atoms with Crippen molar-refractivity contribution in [2.45, 2.75) is 13.3 Å². The third-order valence-electron chi connectivity index (χ3n) is 4.35. The molecule has 0 N–H and O–H groups in total. The number of oxazole rings is 1. The first kappa shape index (κ1) is 17.7. The van der Waals surface area contributed by atoms with Crippen LogP contribution in [0.4, 0.5) is 4.39 Å². The molecule has 0 aliphatic carbocycles. The Balaban J connectivity index is 1.58. The van der Waals surface area contributed by atoms with E-state index in [4.69, 9.17) is 4.42 Å². The van der Waals surface area contributed by atoms with Crippen LogP contribution in [0.3, 0.4) is 0 Å². The summed E-state index contributed by atoms with van der Waals surface area (Å²) in [5.41, 5.74) is 3.95. The second kappa shape index (κ2) is 7.48. The minimum Gasteiger partial charge on any atom is -0.444 e. The van der Waals surface area contributed by atoms with E-state index in [1.165, 1.54) is 24.9 Å². The quantitative estimate of drug-likeness (QED) is 0.490. The van der Waals surface area contributed by atoms with Crippen LogP contribution in [0.1, 0.15) is 21.6 Å². The summed E-state index contributed by atoms with van der Waals surface area (Å²) in [4.78, 5) is 28.6. The molecule has 0 spiro atoms. The molecule has 4 rings (SSSR count). The van der Waals surface area contributed by atoms with Gasteiger partial charge in [-0.2, -0.15) is 0 Å². The molecule has 0 bridgehead atoms. The zero-order valence-electron chi connectivity index (χ0n) is 15.0. The van der Waals surface area contributed by atoms with E-state index in [0.717, 1.165) is 22.9 Å². The molecule has 3 heterocycles. The maximum absolute atomic E-state index is 13.7. The maximum atomic E-state index is 13.7. The second-order valence-electron chi connectivity index (χ2n) is 6.24. The Bertz CT molecular complexity index is 1130. The molecule has 7 heteroatoms. The van der Waals surface area contributed by atoms with Gasteiger partial charge < -0.3 is 4.42 Å². The molecule has 0 fully saturated rings. The summed E-state index contributed by atoms with van der Waals surface area (Å²) in [7, 11) is 0. The molecule has 138 valence electrons. The van der Waals surface area contributed by atoms with Crippen LogP contribution in [0, 0.1) is 12.7 Å². The molecule has 0 aliphatic heterocycles. The number of halogens is 1. The largest absolute Gasteiger partial charge is 0.444 e. The van der Waals surface area contributed by atoms with Gasteiger partial charge in [0.1, 0.15) is 0 Å². The number of aromatic nitrogens is 4. The predicted octanol–water partition coefficient (Wildman–Crippen LogP) is 4.07. The van der Waals surface area contributed by atoms with Gasteiger partial charge in [0.2, 0.25) is 0 Å². The normalized spacial score (nSPS) is 10.8. The highest BCUT2D eigenvalue weighted by molar-refractivity contribution is 5.97. The van der Waals surface area contributed by atoms with Crippen molar-refractivity contribution in [3.8, 4) is 22.6 Å². The molecular formula is C21H15FN4O2. The van der Waals surface area contributed by atoms with Gasteiger partial charge in [-0.15, -0.1) is 0 Å². The summed E-state index contributed by atoms with van der Waals surface area (Å²) < 4.78 is 19.0. The van der Waals surface area contributed by atoms with Crippen molar-refractivity contribution < 1.29 is 13.6 Å². The molecule has 0 radical (unpaired) electrons. The molecule has 0 aliphatic rings. The van der Waals surface area contributed by atoms with Crippen LogP contribution < -0.4 is 0 Å². The number of carbonyl (C=O) groups excluding carboxylic acids is 1. The number of pyridine rings is 1. The van der Waals surface area contributed by atoms with E-state index >= 15 is 0 Å². The van der Waals surface area contributed by atoms with Crippen LogP contribution in [-0.2, 0) is 6.42 Å². The van der Waals surface area contributed by atoms with E-state index in [-0.39, 0.29) is 17.8 Å². The van der Waals surface area contributed by atoms with Gasteiger partial charge in [-0.25, -0.2) is 9.37 Å². The standard InChI is InChI=1S/C21H15FN4O2/c1-13-2-3-14(21-11-24-12-28-21)6-17(13)19-10-25-15(8-26-19)7-20(27)16-4-5-23-9-18(16)22/h2-6,8-12H,7H2,1H3. The number of rotatable bonds is 5. The van der Waals surface area contributed by atoms with Gasteiger partial charge in [0.25, 0.3) is 0 Å². The van der Waals surface area contributed by atoms with Crippen LogP contribution in [0.5, 0.6) is 0 Å². The lowest BCUT2D eigenvalue weighted by Gasteiger charge is -2.08. The van der Waals surface area contributed by atoms with Crippen molar-refractivity contribution in [2.24, 2.45) is 0 Å². The van der Waals surface area contributed by atoms with Gasteiger partial charge >= 0.3 is 0 Å². The highest BCUT2D eigenvalue weighted by Crippen LogP contribution is 2.27. The fourth-order valence-corrected chi connectivity index (χ4v) is 2.86. The van der Waals surface area contributed by atoms with Crippen molar-refractivity contribution in [3.05, 3.63) is 84.3 Å². The van der Waals surface area contributed by atoms with Crippen molar-refractivity contribution in [1.82, 2.24) is 19.9 Å². The number of hydrogen-bond acceptors (Lipinski definition) is 6. The Morgan fingerprint density at radius 1 is 1.07 bits per heavy atom. The van der Waals surface area contributed by atoms with Crippen LogP contribution in [0.2, 0.25) is 0 Å². The number of carbonyl (C=O) groups is 1. The third-order valence-corrected chi connectivity index (χ3v) is 4.35. The Morgan fingerprint density at radius 3 is 2.68 bits per heavy atom. The molecular weight excluding hydrogens is 359 g/mol. The average molecular weight is 374 g/mol. The zero-order valence-corrected chi connectivity index (χ0v) is 15.0. The minimum absolute atomic E-state index is 0.00326. The summed E-state index contributed by atoms with van der Waals surface area (Å²) in [6.45, 7) is 1.98. The summed E-state index contributed by atoms with van der Waals surface area (Å²) in [6.07, 6.45) is 8.54. The Labute approximate surface area is 160 Å². The first-order valence-corrected chi connectivity index (χ1v) is 8.55. The number of aryl methyl sites for hydroxylation is 1. The second-order valence-corrected chi connectivity index (χ2v) is 6.24. The third kappa shape index (κ3) is 3.55. The molecule has 6 nitrogen and oxygen atoms in total. The Hall–Kier alpha value is -3.74. The topological polar surface area (TPSA) is 81.8 Å². The first-order chi connectivity index (χ1) is 13.6. The number of nitrogens with zero attached hydrogens (tertiary/aromatic N) is 4. The molecule has 0 saturated heterocycles. The fraction of sp³-hybridized carbons (Fsp3) is 0.0952. The van der Waals surface area contributed by atoms with Gasteiger partial charge in [0.15, 0.2) is 23.8 Å². The van der Waals surface area contributed by atoms with Gasteiger partial charge in [-0.1, -0.05) is 12.1 Å². The molecule has 3 aromatic heterocycles. The summed E-state index contributed by atoms with van der Waals surface area (Å²) in [5.74, 6) is -0.349. The van der Waals surface area contributed by atoms with Crippen LogP contribution in [0.15, 0.2) is 66.1 Å². The van der Waals surface area contributed by atoms with E-state index in [1.807, 2.05) is 25.1 Å². The Kier molecular flexibility index (Phi) is 4.72. The maximum Gasteiger partial charge on any atom is 0.181 e. The SMILES string of the molecule is Cc1ccc(-c2cnco2)cc1-c1cnc(CC(=O)c2ccncc2F)cn1. The lowest BCUT2D eigenvalue weighted by atomic mass is 10.0. The van der Waals surface area contributed by atoms with Gasteiger partial charge in [-0.3, -0.25) is 19.7 Å². The summed E-state index contributed by atoms with van der Waals surface area (Å²) in [5, 5.41) is 0. The highest BCUT2D eigenvalue weighted by Gasteiger charge is 2.14. The van der Waals surface area contributed by atoms with Crippen LogP contribution in [-0.4, -0.2) is 25.7 Å². The molecule has 1 aromatic carbocycles. The van der Waals surface area contributed by atoms with Crippen molar-refractivity contribution in [2.75, 3.05) is 0 Å². The molecule has 0 atom stereocenters. The minimum atomic E-state index is -0.642. The van der Waals surface area contributed by atoms with Crippen LogP contribution in [0.25, 0.3) is 22.6 Å². The first-order valence-electron chi connectivity index (χ1n) is 8.55. The molecule has 0 unspecified atom stereocenters. The van der Waals surface area contributed by atoms with Gasteiger partial charge in [-0.05, 0) is 24.6 Å². The smallest absolute Gasteiger partial charge is 0.181 e. The van der Waals surface area contributed by atoms with Crippen molar-refractivity contribution >= 4 is 5.78 Å². The average Bonchev–Trinajstić information content (AvgIpc) is 3.24. The van der Waals surface area contributed by atoms with E-state index in [2.05, 4.69) is 19.9 Å². The van der Waals surface area contributed by atoms with E-state index in [9.17, 15) is 9.18 Å². The van der Waals surface area contributed by atoms with Crippen LogP contribution >= 0.6 is 0 Å². The summed E-state index contributed by atoms with van der Waals surface area (Å²) >= 11 is 0. The summed E-state index contributed by atoms with van der Waals surface area (Å²) in [6, 6.07) is 7.23. The molecule has 4 aromatic rings. The number of Topliss-reactive ketones (excluding diaryl/α,β-unsaturated/α-hetero) is 1. The van der Waals surface area contributed by atoms with Crippen molar-refractivity contribution in [1.29, 1.82) is 0 Å². The van der Waals surface area contributed by atoms with E-state index in [1.54, 1.807) is 12.4 Å². The number of hydrogen-bond donors (Lipinski definition) is 0. The predicted molar refractivity (Wildman–Crippen MR) is 99.9 cm³/mol. The highest BCUT2D eigenvalue weighted by atomic mass is 19.1. The van der Waals surface area contributed by atoms with Crippen molar-refractivity contribution in [3.63, 3.8) is 0 Å². The van der Waals surface area contributed by atoms with Gasteiger partial charge in [0, 0.05) is 23.5 Å². The number of ketones is 1. The van der Waals surface area contributed by atoms with E-state index in [0.29, 0.717) is 17.1 Å². The fourth-order valence-electron chi connectivity index (χ4n) is 2.86. The lowest BCUT2D eigenvalue weighted by molar-refractivity contribution is 0.0988. The molecule has 0 amide bonds. The monoisotopic (exact) mass is 374 g/mol. The molecule has 28 heavy (non-hydrogen) atoms. The lowest BCUT2D eigenvalue weighted by Crippen LogP contribution is -2.08. The number of benzene rings is 1. The zero-order chi connectivity index (χ0) is 19.5. The van der Waals surface area contributed by atoms with E-state index < -0.39 is 5.82 Å². The Morgan fingerprint density at radius 2 is 1.96 bits per heavy atom.